The molecule has 0 unspecified atom stereocenters. The van der Waals surface area contributed by atoms with Crippen LogP contribution in [0.1, 0.15) is 29.6 Å². The fraction of sp³-hybridized carbons (Fsp3) is 0.529. The number of carbonyl (C=O) groups is 2. The van der Waals surface area contributed by atoms with Gasteiger partial charge in [0.2, 0.25) is 0 Å². The Bertz CT molecular complexity index is 659. The molecule has 0 saturated carbocycles. The molecule has 0 spiro atoms. The Morgan fingerprint density at radius 3 is 2.60 bits per heavy atom. The van der Waals surface area contributed by atoms with Crippen molar-refractivity contribution in [3.8, 4) is 11.5 Å². The van der Waals surface area contributed by atoms with Gasteiger partial charge in [0.25, 0.3) is 5.91 Å². The topological polar surface area (TPSA) is 85.3 Å². The molecule has 7 nitrogen and oxygen atoms in total. The molecular weight excluding hydrogens is 350 g/mol. The SMILES string of the molecule is O=C(O)CCN(C(=O)c1cc(Cl)c2c(c1)OCCO2)C1CCOCC1. The van der Waals surface area contributed by atoms with Crippen molar-refractivity contribution in [1.82, 2.24) is 4.90 Å². The third-order valence-corrected chi connectivity index (χ3v) is 4.58. The molecule has 3 rings (SSSR count). The molecule has 0 bridgehead atoms. The van der Waals surface area contributed by atoms with E-state index in [1.807, 2.05) is 0 Å². The summed E-state index contributed by atoms with van der Waals surface area (Å²) in [6, 6.07) is 3.10. The van der Waals surface area contributed by atoms with Gasteiger partial charge >= 0.3 is 5.97 Å². The van der Waals surface area contributed by atoms with Crippen LogP contribution in [-0.4, -0.2) is 60.9 Å². The molecule has 0 aromatic heterocycles. The number of aliphatic carboxylic acids is 1. The van der Waals surface area contributed by atoms with Crippen LogP contribution in [0.25, 0.3) is 0 Å². The molecule has 1 saturated heterocycles. The lowest BCUT2D eigenvalue weighted by atomic mass is 10.0. The quantitative estimate of drug-likeness (QED) is 0.856. The number of rotatable bonds is 5. The number of hydrogen-bond acceptors (Lipinski definition) is 5. The molecule has 136 valence electrons. The number of carboxylic acids is 1. The highest BCUT2D eigenvalue weighted by molar-refractivity contribution is 6.32. The highest BCUT2D eigenvalue weighted by Gasteiger charge is 2.29. The second-order valence-corrected chi connectivity index (χ2v) is 6.38. The Balaban J connectivity index is 1.85. The number of halogens is 1. The Morgan fingerprint density at radius 1 is 1.16 bits per heavy atom. The number of ether oxygens (including phenoxy) is 3. The van der Waals surface area contributed by atoms with Crippen LogP contribution >= 0.6 is 11.6 Å². The summed E-state index contributed by atoms with van der Waals surface area (Å²) in [6.45, 7) is 2.06. The van der Waals surface area contributed by atoms with Crippen molar-refractivity contribution < 1.29 is 28.9 Å². The minimum absolute atomic E-state index is 0.0485. The molecule has 2 aliphatic rings. The molecule has 1 aromatic carbocycles. The van der Waals surface area contributed by atoms with E-state index in [0.717, 1.165) is 0 Å². The second-order valence-electron chi connectivity index (χ2n) is 5.97. The largest absolute Gasteiger partial charge is 0.486 e. The minimum Gasteiger partial charge on any atom is -0.486 e. The fourth-order valence-electron chi connectivity index (χ4n) is 3.06. The van der Waals surface area contributed by atoms with Crippen molar-refractivity contribution in [2.24, 2.45) is 0 Å². The molecule has 1 aromatic rings. The Labute approximate surface area is 150 Å². The van der Waals surface area contributed by atoms with Crippen LogP contribution < -0.4 is 9.47 Å². The number of amides is 1. The van der Waals surface area contributed by atoms with Gasteiger partial charge in [-0.15, -0.1) is 0 Å². The predicted octanol–water partition coefficient (Wildman–Crippen LogP) is 2.21. The summed E-state index contributed by atoms with van der Waals surface area (Å²) in [4.78, 5) is 25.6. The maximum Gasteiger partial charge on any atom is 0.305 e. The van der Waals surface area contributed by atoms with Crippen molar-refractivity contribution >= 4 is 23.5 Å². The lowest BCUT2D eigenvalue weighted by molar-refractivity contribution is -0.137. The van der Waals surface area contributed by atoms with Crippen LogP contribution in [0.4, 0.5) is 0 Å². The molecule has 1 fully saturated rings. The maximum absolute atomic E-state index is 13.0. The van der Waals surface area contributed by atoms with Gasteiger partial charge in [0.15, 0.2) is 11.5 Å². The van der Waals surface area contributed by atoms with Crippen molar-refractivity contribution in [1.29, 1.82) is 0 Å². The predicted molar refractivity (Wildman–Crippen MR) is 89.6 cm³/mol. The normalized spacial score (nSPS) is 17.2. The molecule has 0 radical (unpaired) electrons. The minimum atomic E-state index is -0.940. The lowest BCUT2D eigenvalue weighted by Crippen LogP contribution is -2.44. The van der Waals surface area contributed by atoms with Gasteiger partial charge in [0.05, 0.1) is 11.4 Å². The van der Waals surface area contributed by atoms with E-state index >= 15 is 0 Å². The number of benzene rings is 1. The first-order valence-electron chi connectivity index (χ1n) is 8.26. The highest BCUT2D eigenvalue weighted by atomic mass is 35.5. The number of hydrogen-bond donors (Lipinski definition) is 1. The van der Waals surface area contributed by atoms with Crippen LogP contribution in [-0.2, 0) is 9.53 Å². The average molecular weight is 370 g/mol. The van der Waals surface area contributed by atoms with E-state index in [2.05, 4.69) is 0 Å². The van der Waals surface area contributed by atoms with E-state index in [1.54, 1.807) is 17.0 Å². The van der Waals surface area contributed by atoms with Gasteiger partial charge < -0.3 is 24.2 Å². The smallest absolute Gasteiger partial charge is 0.305 e. The third kappa shape index (κ3) is 4.16. The Hall–Kier alpha value is -1.99. The van der Waals surface area contributed by atoms with Gasteiger partial charge in [-0.3, -0.25) is 9.59 Å². The molecule has 1 N–H and O–H groups in total. The van der Waals surface area contributed by atoms with E-state index in [-0.39, 0.29) is 24.9 Å². The van der Waals surface area contributed by atoms with Crippen molar-refractivity contribution in [3.63, 3.8) is 0 Å². The zero-order valence-electron chi connectivity index (χ0n) is 13.7. The Kier molecular flexibility index (Phi) is 5.65. The summed E-state index contributed by atoms with van der Waals surface area (Å²) in [7, 11) is 0. The summed E-state index contributed by atoms with van der Waals surface area (Å²) in [5.41, 5.74) is 0.367. The van der Waals surface area contributed by atoms with E-state index in [1.165, 1.54) is 0 Å². The zero-order valence-corrected chi connectivity index (χ0v) is 14.5. The van der Waals surface area contributed by atoms with Crippen LogP contribution in [0.15, 0.2) is 12.1 Å². The van der Waals surface area contributed by atoms with Crippen LogP contribution in [0.2, 0.25) is 5.02 Å². The number of carboxylic acid groups (broad SMARTS) is 1. The monoisotopic (exact) mass is 369 g/mol. The zero-order chi connectivity index (χ0) is 17.8. The first-order chi connectivity index (χ1) is 12.1. The lowest BCUT2D eigenvalue weighted by Gasteiger charge is -2.34. The molecule has 1 amide bonds. The van der Waals surface area contributed by atoms with Crippen molar-refractivity contribution in [2.45, 2.75) is 25.3 Å². The van der Waals surface area contributed by atoms with Crippen LogP contribution in [0.5, 0.6) is 11.5 Å². The average Bonchev–Trinajstić information content (AvgIpc) is 2.62. The van der Waals surface area contributed by atoms with Gasteiger partial charge in [0.1, 0.15) is 13.2 Å². The van der Waals surface area contributed by atoms with Gasteiger partial charge in [-0.1, -0.05) is 11.6 Å². The van der Waals surface area contributed by atoms with E-state index in [4.69, 9.17) is 30.9 Å². The summed E-state index contributed by atoms with van der Waals surface area (Å²) in [6.07, 6.45) is 1.26. The summed E-state index contributed by atoms with van der Waals surface area (Å²) in [5, 5.41) is 9.31. The van der Waals surface area contributed by atoms with E-state index < -0.39 is 5.97 Å². The summed E-state index contributed by atoms with van der Waals surface area (Å²) in [5.74, 6) is -0.322. The van der Waals surface area contributed by atoms with Crippen LogP contribution in [0.3, 0.4) is 0 Å². The maximum atomic E-state index is 13.0. The molecule has 8 heteroatoms. The van der Waals surface area contributed by atoms with E-state index in [9.17, 15) is 9.59 Å². The summed E-state index contributed by atoms with van der Waals surface area (Å²) < 4.78 is 16.3. The molecule has 2 aliphatic heterocycles. The van der Waals surface area contributed by atoms with Gasteiger partial charge in [0, 0.05) is 31.4 Å². The molecule has 2 heterocycles. The second kappa shape index (κ2) is 7.93. The molecule has 0 atom stereocenters. The number of nitrogens with zero attached hydrogens (tertiary/aromatic N) is 1. The third-order valence-electron chi connectivity index (χ3n) is 4.30. The van der Waals surface area contributed by atoms with Crippen molar-refractivity contribution in [3.05, 3.63) is 22.7 Å². The number of carbonyl (C=O) groups excluding carboxylic acids is 1. The highest BCUT2D eigenvalue weighted by Crippen LogP contribution is 2.38. The number of fused-ring (bicyclic) bond motifs is 1. The van der Waals surface area contributed by atoms with Crippen molar-refractivity contribution in [2.75, 3.05) is 33.0 Å². The first-order valence-corrected chi connectivity index (χ1v) is 8.63. The molecule has 25 heavy (non-hydrogen) atoms. The van der Waals surface area contributed by atoms with E-state index in [0.29, 0.717) is 61.4 Å². The van der Waals surface area contributed by atoms with Gasteiger partial charge in [-0.25, -0.2) is 0 Å². The fourth-order valence-corrected chi connectivity index (χ4v) is 3.33. The first kappa shape index (κ1) is 17.8. The van der Waals surface area contributed by atoms with Gasteiger partial charge in [-0.2, -0.15) is 0 Å². The Morgan fingerprint density at radius 2 is 1.88 bits per heavy atom. The molecular formula is C17H20ClNO6. The molecule has 0 aliphatic carbocycles. The van der Waals surface area contributed by atoms with Crippen LogP contribution in [0, 0.1) is 0 Å². The standard InChI is InChI=1S/C17H20ClNO6/c18-13-9-11(10-14-16(13)25-8-7-24-14)17(22)19(4-1-15(20)21)12-2-5-23-6-3-12/h9-10,12H,1-8H2,(H,20,21). The summed E-state index contributed by atoms with van der Waals surface area (Å²) >= 11 is 6.22. The van der Waals surface area contributed by atoms with Gasteiger partial charge in [-0.05, 0) is 25.0 Å².